The lowest BCUT2D eigenvalue weighted by atomic mass is 10.0. The summed E-state index contributed by atoms with van der Waals surface area (Å²) in [7, 11) is 0. The van der Waals surface area contributed by atoms with Gasteiger partial charge < -0.3 is 10.5 Å². The second kappa shape index (κ2) is 6.58. The van der Waals surface area contributed by atoms with Gasteiger partial charge in [0.05, 0.1) is 6.61 Å². The average Bonchev–Trinajstić information content (AvgIpc) is 3.17. The summed E-state index contributed by atoms with van der Waals surface area (Å²) in [5, 5.41) is 0. The van der Waals surface area contributed by atoms with Crippen molar-refractivity contribution in [3.8, 4) is 5.75 Å². The number of hydrogen-bond acceptors (Lipinski definition) is 2. The summed E-state index contributed by atoms with van der Waals surface area (Å²) in [5.74, 6) is 1.89. The standard InChI is InChI=1S/C15H22BrNO/c1-2-13(17)9-12-10-14(5-6-15(12)16)18-8-7-11-3-4-11/h5-6,10-11,13H,2-4,7-9,17H2,1H3. The van der Waals surface area contributed by atoms with Crippen LogP contribution in [-0.2, 0) is 6.42 Å². The second-order valence-electron chi connectivity index (χ2n) is 5.21. The average molecular weight is 312 g/mol. The highest BCUT2D eigenvalue weighted by Crippen LogP contribution is 2.32. The first-order valence-electron chi connectivity index (χ1n) is 6.86. The Kier molecular flexibility index (Phi) is 5.07. The molecule has 0 spiro atoms. The van der Waals surface area contributed by atoms with Gasteiger partial charge in [0.25, 0.3) is 0 Å². The minimum Gasteiger partial charge on any atom is -0.494 e. The maximum atomic E-state index is 6.01. The zero-order chi connectivity index (χ0) is 13.0. The number of halogens is 1. The molecule has 3 heteroatoms. The minimum atomic E-state index is 0.225. The topological polar surface area (TPSA) is 35.2 Å². The molecule has 1 aromatic carbocycles. The Labute approximate surface area is 118 Å². The summed E-state index contributed by atoms with van der Waals surface area (Å²) in [6, 6.07) is 6.43. The lowest BCUT2D eigenvalue weighted by molar-refractivity contribution is 0.302. The molecule has 1 aliphatic carbocycles. The highest BCUT2D eigenvalue weighted by atomic mass is 79.9. The van der Waals surface area contributed by atoms with E-state index in [1.807, 2.05) is 6.07 Å². The lowest BCUT2D eigenvalue weighted by Crippen LogP contribution is -2.21. The Morgan fingerprint density at radius 1 is 1.44 bits per heavy atom. The van der Waals surface area contributed by atoms with E-state index in [9.17, 15) is 0 Å². The minimum absolute atomic E-state index is 0.225. The molecule has 100 valence electrons. The van der Waals surface area contributed by atoms with Gasteiger partial charge in [0, 0.05) is 10.5 Å². The zero-order valence-electron chi connectivity index (χ0n) is 11.0. The van der Waals surface area contributed by atoms with Crippen LogP contribution in [0.3, 0.4) is 0 Å². The number of ether oxygens (including phenoxy) is 1. The van der Waals surface area contributed by atoms with Gasteiger partial charge in [-0.3, -0.25) is 0 Å². The fourth-order valence-electron chi connectivity index (χ4n) is 1.97. The van der Waals surface area contributed by atoms with E-state index < -0.39 is 0 Å². The van der Waals surface area contributed by atoms with Crippen molar-refractivity contribution in [3.63, 3.8) is 0 Å². The number of benzene rings is 1. The summed E-state index contributed by atoms with van der Waals surface area (Å²) in [6.45, 7) is 2.96. The van der Waals surface area contributed by atoms with Gasteiger partial charge in [0.1, 0.15) is 5.75 Å². The molecule has 0 aliphatic heterocycles. The number of hydrogen-bond donors (Lipinski definition) is 1. The maximum absolute atomic E-state index is 6.01. The third kappa shape index (κ3) is 4.29. The van der Waals surface area contributed by atoms with Crippen molar-refractivity contribution in [2.75, 3.05) is 6.61 Å². The third-order valence-electron chi connectivity index (χ3n) is 3.52. The third-order valence-corrected chi connectivity index (χ3v) is 4.29. The molecule has 0 amide bonds. The molecule has 2 nitrogen and oxygen atoms in total. The summed E-state index contributed by atoms with van der Waals surface area (Å²) in [6.07, 6.45) is 5.87. The van der Waals surface area contributed by atoms with E-state index in [1.54, 1.807) is 0 Å². The van der Waals surface area contributed by atoms with Crippen LogP contribution in [0, 0.1) is 5.92 Å². The van der Waals surface area contributed by atoms with Gasteiger partial charge in [-0.15, -0.1) is 0 Å². The van der Waals surface area contributed by atoms with E-state index in [0.717, 1.165) is 35.6 Å². The Hall–Kier alpha value is -0.540. The highest BCUT2D eigenvalue weighted by molar-refractivity contribution is 9.10. The summed E-state index contributed by atoms with van der Waals surface area (Å²) < 4.78 is 6.93. The summed E-state index contributed by atoms with van der Waals surface area (Å²) in [5.41, 5.74) is 7.25. The highest BCUT2D eigenvalue weighted by Gasteiger charge is 2.20. The quantitative estimate of drug-likeness (QED) is 0.828. The molecule has 1 aromatic rings. The van der Waals surface area contributed by atoms with Crippen molar-refractivity contribution in [2.45, 2.75) is 45.1 Å². The molecule has 1 fully saturated rings. The van der Waals surface area contributed by atoms with E-state index >= 15 is 0 Å². The fourth-order valence-corrected chi connectivity index (χ4v) is 2.38. The van der Waals surface area contributed by atoms with Crippen LogP contribution >= 0.6 is 15.9 Å². The number of rotatable bonds is 7. The molecular formula is C15H22BrNO. The van der Waals surface area contributed by atoms with Gasteiger partial charge in [-0.1, -0.05) is 35.7 Å². The van der Waals surface area contributed by atoms with Crippen molar-refractivity contribution in [2.24, 2.45) is 11.7 Å². The van der Waals surface area contributed by atoms with Crippen molar-refractivity contribution < 1.29 is 4.74 Å². The Morgan fingerprint density at radius 2 is 2.22 bits per heavy atom. The second-order valence-corrected chi connectivity index (χ2v) is 6.06. The molecule has 0 saturated heterocycles. The van der Waals surface area contributed by atoms with Gasteiger partial charge >= 0.3 is 0 Å². The predicted molar refractivity (Wildman–Crippen MR) is 78.9 cm³/mol. The Balaban J connectivity index is 1.91. The Bertz CT molecular complexity index is 390. The van der Waals surface area contributed by atoms with Crippen LogP contribution in [0.1, 0.15) is 38.2 Å². The van der Waals surface area contributed by atoms with Crippen molar-refractivity contribution in [3.05, 3.63) is 28.2 Å². The van der Waals surface area contributed by atoms with E-state index in [4.69, 9.17) is 10.5 Å². The molecule has 1 aliphatic rings. The normalized spacial score (nSPS) is 16.6. The lowest BCUT2D eigenvalue weighted by Gasteiger charge is -2.13. The van der Waals surface area contributed by atoms with Crippen LogP contribution < -0.4 is 10.5 Å². The molecule has 0 radical (unpaired) electrons. The predicted octanol–water partition coefficient (Wildman–Crippen LogP) is 3.91. The monoisotopic (exact) mass is 311 g/mol. The molecule has 18 heavy (non-hydrogen) atoms. The molecular weight excluding hydrogens is 290 g/mol. The summed E-state index contributed by atoms with van der Waals surface area (Å²) in [4.78, 5) is 0. The van der Waals surface area contributed by atoms with Crippen LogP contribution in [-0.4, -0.2) is 12.6 Å². The molecule has 2 N–H and O–H groups in total. The van der Waals surface area contributed by atoms with Crippen LogP contribution in [0.25, 0.3) is 0 Å². The summed E-state index contributed by atoms with van der Waals surface area (Å²) >= 11 is 3.58. The molecule has 1 saturated carbocycles. The van der Waals surface area contributed by atoms with Gasteiger partial charge in [0.2, 0.25) is 0 Å². The van der Waals surface area contributed by atoms with Crippen molar-refractivity contribution >= 4 is 15.9 Å². The van der Waals surface area contributed by atoms with Crippen LogP contribution in [0.5, 0.6) is 5.75 Å². The molecule has 1 atom stereocenters. The van der Waals surface area contributed by atoms with E-state index in [2.05, 4.69) is 35.0 Å². The molecule has 0 bridgehead atoms. The van der Waals surface area contributed by atoms with Crippen molar-refractivity contribution in [1.29, 1.82) is 0 Å². The maximum Gasteiger partial charge on any atom is 0.119 e. The van der Waals surface area contributed by atoms with Gasteiger partial charge in [-0.25, -0.2) is 0 Å². The van der Waals surface area contributed by atoms with E-state index in [0.29, 0.717) is 0 Å². The first kappa shape index (κ1) is 13.9. The van der Waals surface area contributed by atoms with Gasteiger partial charge in [-0.2, -0.15) is 0 Å². The van der Waals surface area contributed by atoms with E-state index in [-0.39, 0.29) is 6.04 Å². The first-order chi connectivity index (χ1) is 8.69. The SMILES string of the molecule is CCC(N)Cc1cc(OCCC2CC2)ccc1Br. The van der Waals surface area contributed by atoms with Gasteiger partial charge in [-0.05, 0) is 48.9 Å². The van der Waals surface area contributed by atoms with Crippen LogP contribution in [0.2, 0.25) is 0 Å². The fraction of sp³-hybridized carbons (Fsp3) is 0.600. The largest absolute Gasteiger partial charge is 0.494 e. The number of nitrogens with two attached hydrogens (primary N) is 1. The Morgan fingerprint density at radius 3 is 2.89 bits per heavy atom. The molecule has 0 aromatic heterocycles. The zero-order valence-corrected chi connectivity index (χ0v) is 12.6. The van der Waals surface area contributed by atoms with E-state index in [1.165, 1.54) is 24.8 Å². The van der Waals surface area contributed by atoms with Gasteiger partial charge in [0.15, 0.2) is 0 Å². The first-order valence-corrected chi connectivity index (χ1v) is 7.65. The molecule has 1 unspecified atom stereocenters. The smallest absolute Gasteiger partial charge is 0.119 e. The van der Waals surface area contributed by atoms with Crippen molar-refractivity contribution in [1.82, 2.24) is 0 Å². The van der Waals surface area contributed by atoms with Crippen LogP contribution in [0.4, 0.5) is 0 Å². The molecule has 2 rings (SSSR count). The molecule has 0 heterocycles. The van der Waals surface area contributed by atoms with Crippen LogP contribution in [0.15, 0.2) is 22.7 Å².